The molecule has 0 spiro atoms. The van der Waals surface area contributed by atoms with Crippen LogP contribution in [0.5, 0.6) is 5.75 Å². The van der Waals surface area contributed by atoms with Gasteiger partial charge in [-0.1, -0.05) is 13.0 Å². The Morgan fingerprint density at radius 2 is 1.78 bits per heavy atom. The Balaban J connectivity index is 1.13. The Kier molecular flexibility index (Phi) is 6.12. The molecule has 2 aliphatic heterocycles. The van der Waals surface area contributed by atoms with E-state index in [9.17, 15) is 4.79 Å². The summed E-state index contributed by atoms with van der Waals surface area (Å²) in [5, 5.41) is 0. The summed E-state index contributed by atoms with van der Waals surface area (Å²) in [4.78, 5) is 23.5. The molecule has 0 N–H and O–H groups in total. The Labute approximate surface area is 190 Å². The minimum Gasteiger partial charge on any atom is -0.490 e. The van der Waals surface area contributed by atoms with Gasteiger partial charge in [0.1, 0.15) is 11.9 Å². The van der Waals surface area contributed by atoms with Gasteiger partial charge >= 0.3 is 0 Å². The number of benzene rings is 1. The number of carbonyl (C=O) groups excluding carboxylic acids is 1. The van der Waals surface area contributed by atoms with Crippen molar-refractivity contribution in [3.8, 4) is 5.75 Å². The van der Waals surface area contributed by atoms with E-state index in [2.05, 4.69) is 16.5 Å². The first-order chi connectivity index (χ1) is 15.7. The average molecular weight is 433 g/mol. The summed E-state index contributed by atoms with van der Waals surface area (Å²) >= 11 is 0. The van der Waals surface area contributed by atoms with Crippen molar-refractivity contribution in [1.82, 2.24) is 14.8 Å². The van der Waals surface area contributed by atoms with E-state index in [0.717, 1.165) is 61.2 Å². The molecule has 1 aromatic carbocycles. The van der Waals surface area contributed by atoms with Gasteiger partial charge in [0.2, 0.25) is 5.91 Å². The Hall–Kier alpha value is -2.86. The van der Waals surface area contributed by atoms with Gasteiger partial charge in [-0.2, -0.15) is 0 Å². The standard InChI is InChI=1S/C26H32N4O2/c1-20(21-4-3-13-27-18-21)29-16-17-30(26(31)19-29)23-7-9-24(10-8-23)32-25-11-14-28(15-12-25)22-5-2-6-22/h3-4,7-10,13,18,22,25H,1-2,5-6,11-12,14-17,19H2. The van der Waals surface area contributed by atoms with E-state index in [1.807, 2.05) is 46.2 Å². The van der Waals surface area contributed by atoms with Gasteiger partial charge in [0.05, 0.1) is 6.54 Å². The summed E-state index contributed by atoms with van der Waals surface area (Å²) in [7, 11) is 0. The van der Waals surface area contributed by atoms with Crippen LogP contribution in [-0.2, 0) is 4.79 Å². The van der Waals surface area contributed by atoms with Gasteiger partial charge in [0.15, 0.2) is 0 Å². The van der Waals surface area contributed by atoms with Gasteiger partial charge in [-0.3, -0.25) is 9.78 Å². The molecule has 6 heteroatoms. The number of aromatic nitrogens is 1. The first-order valence-corrected chi connectivity index (χ1v) is 11.8. The number of pyridine rings is 1. The molecule has 32 heavy (non-hydrogen) atoms. The van der Waals surface area contributed by atoms with Crippen LogP contribution in [0.15, 0.2) is 55.4 Å². The number of rotatable bonds is 6. The molecule has 2 aromatic rings. The van der Waals surface area contributed by atoms with E-state index in [4.69, 9.17) is 4.74 Å². The normalized spacial score (nSPS) is 20.8. The number of amides is 1. The van der Waals surface area contributed by atoms with Gasteiger partial charge in [-0.05, 0) is 62.1 Å². The van der Waals surface area contributed by atoms with Crippen LogP contribution >= 0.6 is 0 Å². The van der Waals surface area contributed by atoms with Crippen molar-refractivity contribution in [1.29, 1.82) is 0 Å². The monoisotopic (exact) mass is 432 g/mol. The van der Waals surface area contributed by atoms with Crippen LogP contribution in [0.25, 0.3) is 5.70 Å². The number of piperidine rings is 1. The van der Waals surface area contributed by atoms with Crippen LogP contribution in [0.2, 0.25) is 0 Å². The predicted molar refractivity (Wildman–Crippen MR) is 127 cm³/mol. The van der Waals surface area contributed by atoms with Gasteiger partial charge in [-0.25, -0.2) is 0 Å². The van der Waals surface area contributed by atoms with E-state index < -0.39 is 0 Å². The third kappa shape index (κ3) is 4.51. The van der Waals surface area contributed by atoms with Crippen LogP contribution in [-0.4, -0.2) is 65.6 Å². The van der Waals surface area contributed by atoms with Crippen LogP contribution in [0.1, 0.15) is 37.7 Å². The smallest absolute Gasteiger partial charge is 0.246 e. The van der Waals surface area contributed by atoms with Crippen molar-refractivity contribution in [2.24, 2.45) is 0 Å². The van der Waals surface area contributed by atoms with Crippen LogP contribution < -0.4 is 9.64 Å². The number of ether oxygens (including phenoxy) is 1. The molecule has 0 atom stereocenters. The first-order valence-electron chi connectivity index (χ1n) is 11.8. The number of anilines is 1. The molecule has 1 saturated carbocycles. The second-order valence-corrected chi connectivity index (χ2v) is 9.09. The quantitative estimate of drug-likeness (QED) is 0.695. The number of nitrogens with zero attached hydrogens (tertiary/aromatic N) is 4. The van der Waals surface area contributed by atoms with Crippen molar-refractivity contribution in [3.05, 3.63) is 60.9 Å². The van der Waals surface area contributed by atoms with E-state index in [-0.39, 0.29) is 5.91 Å². The molecule has 3 fully saturated rings. The molecule has 168 valence electrons. The molecule has 5 rings (SSSR count). The average Bonchev–Trinajstić information content (AvgIpc) is 2.80. The Bertz CT molecular complexity index is 934. The van der Waals surface area contributed by atoms with Crippen LogP contribution in [0, 0.1) is 0 Å². The van der Waals surface area contributed by atoms with Crippen LogP contribution in [0.4, 0.5) is 5.69 Å². The zero-order valence-corrected chi connectivity index (χ0v) is 18.7. The lowest BCUT2D eigenvalue weighted by Crippen LogP contribution is -2.49. The highest BCUT2D eigenvalue weighted by Gasteiger charge is 2.30. The Morgan fingerprint density at radius 3 is 2.41 bits per heavy atom. The second-order valence-electron chi connectivity index (χ2n) is 9.09. The molecule has 1 aliphatic carbocycles. The van der Waals surface area contributed by atoms with Crippen molar-refractivity contribution in [2.45, 2.75) is 44.2 Å². The molecular formula is C26H32N4O2. The fourth-order valence-corrected chi connectivity index (χ4v) is 4.90. The third-order valence-corrected chi connectivity index (χ3v) is 7.12. The molecule has 6 nitrogen and oxygen atoms in total. The molecule has 1 aromatic heterocycles. The summed E-state index contributed by atoms with van der Waals surface area (Å²) in [5.74, 6) is 0.977. The number of piperazine rings is 1. The number of hydrogen-bond donors (Lipinski definition) is 0. The zero-order valence-electron chi connectivity index (χ0n) is 18.7. The van der Waals surface area contributed by atoms with Crippen LogP contribution in [0.3, 0.4) is 0 Å². The number of carbonyl (C=O) groups is 1. The predicted octanol–water partition coefficient (Wildman–Crippen LogP) is 3.80. The first kappa shape index (κ1) is 21.0. The highest BCUT2D eigenvalue weighted by atomic mass is 16.5. The minimum absolute atomic E-state index is 0.0818. The molecule has 3 heterocycles. The summed E-state index contributed by atoms with van der Waals surface area (Å²) < 4.78 is 6.25. The largest absolute Gasteiger partial charge is 0.490 e. The van der Waals surface area contributed by atoms with Gasteiger partial charge in [0, 0.05) is 61.6 Å². The lowest BCUT2D eigenvalue weighted by molar-refractivity contribution is -0.120. The second kappa shape index (κ2) is 9.33. The summed E-state index contributed by atoms with van der Waals surface area (Å²) in [6, 6.07) is 12.7. The summed E-state index contributed by atoms with van der Waals surface area (Å²) in [6.07, 6.45) is 10.2. The lowest BCUT2D eigenvalue weighted by Gasteiger charge is -2.41. The minimum atomic E-state index is 0.0818. The topological polar surface area (TPSA) is 48.9 Å². The van der Waals surface area contributed by atoms with Gasteiger partial charge < -0.3 is 19.4 Å². The fraction of sp³-hybridized carbons (Fsp3) is 0.462. The molecule has 0 bridgehead atoms. The highest BCUT2D eigenvalue weighted by Crippen LogP contribution is 2.29. The third-order valence-electron chi connectivity index (χ3n) is 7.12. The molecule has 1 amide bonds. The van der Waals surface area contributed by atoms with E-state index in [0.29, 0.717) is 19.2 Å². The lowest BCUT2D eigenvalue weighted by atomic mass is 9.90. The van der Waals surface area contributed by atoms with Gasteiger partial charge in [-0.15, -0.1) is 0 Å². The highest BCUT2D eigenvalue weighted by molar-refractivity contribution is 5.96. The van der Waals surface area contributed by atoms with E-state index >= 15 is 0 Å². The van der Waals surface area contributed by atoms with Crippen molar-refractivity contribution >= 4 is 17.3 Å². The fourth-order valence-electron chi connectivity index (χ4n) is 4.90. The number of likely N-dealkylation sites (tertiary alicyclic amines) is 1. The van der Waals surface area contributed by atoms with Gasteiger partial charge in [0.25, 0.3) is 0 Å². The SMILES string of the molecule is C=C(c1cccnc1)N1CCN(c2ccc(OC3CCN(C4CCC4)CC3)cc2)C(=O)C1. The zero-order chi connectivity index (χ0) is 21.9. The molecular weight excluding hydrogens is 400 g/mol. The van der Waals surface area contributed by atoms with Crippen molar-refractivity contribution < 1.29 is 9.53 Å². The molecule has 3 aliphatic rings. The molecule has 0 radical (unpaired) electrons. The summed E-state index contributed by atoms with van der Waals surface area (Å²) in [6.45, 7) is 8.17. The summed E-state index contributed by atoms with van der Waals surface area (Å²) in [5.41, 5.74) is 2.72. The van der Waals surface area contributed by atoms with E-state index in [1.165, 1.54) is 19.3 Å². The Morgan fingerprint density at radius 1 is 1.00 bits per heavy atom. The maximum atomic E-state index is 12.8. The molecule has 0 unspecified atom stereocenters. The van der Waals surface area contributed by atoms with Crippen molar-refractivity contribution in [3.63, 3.8) is 0 Å². The van der Waals surface area contributed by atoms with E-state index in [1.54, 1.807) is 12.4 Å². The maximum absolute atomic E-state index is 12.8. The molecule has 2 saturated heterocycles. The van der Waals surface area contributed by atoms with Crippen molar-refractivity contribution in [2.75, 3.05) is 37.6 Å². The number of hydrogen-bond acceptors (Lipinski definition) is 5. The maximum Gasteiger partial charge on any atom is 0.246 e.